The lowest BCUT2D eigenvalue weighted by Crippen LogP contribution is -2.39. The van der Waals surface area contributed by atoms with Crippen molar-refractivity contribution in [3.05, 3.63) is 119 Å². The minimum absolute atomic E-state index is 0.00274. The third kappa shape index (κ3) is 26.6. The topological polar surface area (TPSA) is 267 Å². The lowest BCUT2D eigenvalue weighted by molar-refractivity contribution is -0.160. The predicted octanol–water partition coefficient (Wildman–Crippen LogP) is 13.9. The number of piperidine rings is 1. The zero-order chi connectivity index (χ0) is 65.8. The van der Waals surface area contributed by atoms with Crippen molar-refractivity contribution in [2.24, 2.45) is 34.4 Å². The molecule has 6 unspecified atom stereocenters. The Morgan fingerprint density at radius 2 is 1.06 bits per heavy atom. The van der Waals surface area contributed by atoms with Gasteiger partial charge in [0.25, 0.3) is 5.91 Å². The summed E-state index contributed by atoms with van der Waals surface area (Å²) in [7, 11) is 12.0. The summed E-state index contributed by atoms with van der Waals surface area (Å²) in [6, 6.07) is 29.2. The summed E-state index contributed by atoms with van der Waals surface area (Å²) in [5.74, 6) is 4.68. The van der Waals surface area contributed by atoms with Crippen molar-refractivity contribution in [2.45, 2.75) is 126 Å². The number of benzene rings is 5. The number of methoxy groups -OCH3 is 6. The maximum absolute atomic E-state index is 12.1. The van der Waals surface area contributed by atoms with E-state index in [4.69, 9.17) is 55.2 Å². The molecule has 24 heteroatoms. The number of aromatic carboxylic acids is 1. The molecule has 0 radical (unpaired) electrons. The van der Waals surface area contributed by atoms with Crippen molar-refractivity contribution in [1.82, 2.24) is 16.0 Å². The first-order valence-electron chi connectivity index (χ1n) is 29.9. The van der Waals surface area contributed by atoms with Crippen LogP contribution in [0, 0.1) is 23.7 Å². The van der Waals surface area contributed by atoms with E-state index in [0.717, 1.165) is 76.4 Å². The number of carbonyl (C=O) groups excluding carboxylic acids is 3. The molecule has 7 N–H and O–H groups in total. The van der Waals surface area contributed by atoms with Crippen LogP contribution in [0.5, 0.6) is 34.5 Å². The Kier molecular flexibility index (Phi) is 35.6. The molecule has 0 aromatic heterocycles. The highest BCUT2D eigenvalue weighted by atomic mass is 35.5. The fraction of sp³-hybridized carbons (Fsp3) is 0.485. The van der Waals surface area contributed by atoms with Crippen LogP contribution >= 0.6 is 35.7 Å². The van der Waals surface area contributed by atoms with Crippen molar-refractivity contribution in [3.8, 4) is 34.5 Å². The van der Waals surface area contributed by atoms with Crippen LogP contribution in [-0.4, -0.2) is 117 Å². The number of carboxylic acid groups (broad SMARTS) is 1. The summed E-state index contributed by atoms with van der Waals surface area (Å²) in [5, 5.41) is 21.8. The van der Waals surface area contributed by atoms with Gasteiger partial charge in [-0.15, -0.1) is 0 Å². The summed E-state index contributed by atoms with van der Waals surface area (Å²) in [5.41, 5.74) is 9.03. The highest BCUT2D eigenvalue weighted by Gasteiger charge is 2.27. The number of nitrogens with one attached hydrogen (secondary N) is 4. The van der Waals surface area contributed by atoms with Gasteiger partial charge in [-0.1, -0.05) is 63.8 Å². The molecule has 494 valence electrons. The standard InChI is InChI=1S/C16H24N2O4.C14H19NO3S.C12H16ClN.C10H11NO4.C8H8O4S.C6H13N/c1-10-6-5-7-12(10)18-16(19)17-11-8-13(20-2)15(22-4)14(9-11)21-3;1-10-4-3-5-13(10)15-14(16)11-6-8-12(9-7-11)19-18-17-2;13-12-3-1-10(2-4-12)9-11-5-7-14-8-6-11;1-13-8-4-7(11-6-12)5-9(14-2)10(8)15-3;1-11-12-13-7-4-2-6(3-5-7)8(9)10;1-5-3-2-4-6(5)7/h8-10,12H,5-7H2,1-4H3,(H2,17,18,19);6-10,13H,3-5H2,1-2H3,(H,15,16);1-4,11,14H,5-9H2;4-5H,1-3H3;2-5H,1H3,(H,9,10);5-6H,2-4,7H2,1H3. The molecule has 3 saturated carbocycles. The molecule has 3 aliphatic carbocycles. The molecular formula is C66H91ClN6O15S2. The van der Waals surface area contributed by atoms with Crippen LogP contribution in [0.2, 0.25) is 5.02 Å². The smallest absolute Gasteiger partial charge is 0.335 e. The molecule has 4 fully saturated rings. The molecule has 9 rings (SSSR count). The van der Waals surface area contributed by atoms with E-state index in [2.05, 4.69) is 73.3 Å². The number of isocyanates is 1. The summed E-state index contributed by atoms with van der Waals surface area (Å²) >= 11 is 7.99. The molecule has 1 heterocycles. The zero-order valence-corrected chi connectivity index (χ0v) is 55.9. The molecule has 90 heavy (non-hydrogen) atoms. The molecule has 0 bridgehead atoms. The van der Waals surface area contributed by atoms with Crippen molar-refractivity contribution < 1.29 is 71.1 Å². The van der Waals surface area contributed by atoms with Gasteiger partial charge in [-0.25, -0.2) is 24.2 Å². The Morgan fingerprint density at radius 3 is 1.44 bits per heavy atom. The maximum Gasteiger partial charge on any atom is 0.335 e. The Morgan fingerprint density at radius 1 is 0.600 bits per heavy atom. The summed E-state index contributed by atoms with van der Waals surface area (Å²) in [6.07, 6.45) is 16.1. The molecule has 1 aliphatic heterocycles. The van der Waals surface area contributed by atoms with Gasteiger partial charge < -0.3 is 60.5 Å². The van der Waals surface area contributed by atoms with Gasteiger partial charge in [0.05, 0.1) is 97.9 Å². The third-order valence-corrected chi connectivity index (χ3v) is 17.1. The van der Waals surface area contributed by atoms with Crippen LogP contribution in [0.25, 0.3) is 0 Å². The first kappa shape index (κ1) is 75.7. The van der Waals surface area contributed by atoms with E-state index in [1.807, 2.05) is 24.3 Å². The van der Waals surface area contributed by atoms with E-state index in [1.165, 1.54) is 124 Å². The number of nitrogens with zero attached hydrogens (tertiary/aromatic N) is 1. The van der Waals surface area contributed by atoms with E-state index in [1.54, 1.807) is 69.9 Å². The lowest BCUT2D eigenvalue weighted by Gasteiger charge is -2.22. The van der Waals surface area contributed by atoms with E-state index in [9.17, 15) is 19.2 Å². The van der Waals surface area contributed by atoms with Gasteiger partial charge >= 0.3 is 12.0 Å². The molecular weight excluding hydrogens is 1220 g/mol. The van der Waals surface area contributed by atoms with Crippen LogP contribution < -0.4 is 55.4 Å². The molecule has 3 amide bonds. The monoisotopic (exact) mass is 1310 g/mol. The molecule has 5 aromatic carbocycles. The number of hydrogen-bond acceptors (Lipinski definition) is 19. The van der Waals surface area contributed by atoms with Gasteiger partial charge in [0.2, 0.25) is 17.6 Å². The van der Waals surface area contributed by atoms with Crippen molar-refractivity contribution in [3.63, 3.8) is 0 Å². The second kappa shape index (κ2) is 42.3. The number of amides is 3. The normalized spacial score (nSPS) is 18.8. The summed E-state index contributed by atoms with van der Waals surface area (Å²) in [6.45, 7) is 8.95. The number of ether oxygens (including phenoxy) is 6. The highest BCUT2D eigenvalue weighted by Crippen LogP contribution is 2.42. The average molecular weight is 1310 g/mol. The first-order chi connectivity index (χ1) is 43.4. The van der Waals surface area contributed by atoms with Gasteiger partial charge in [0, 0.05) is 62.8 Å². The van der Waals surface area contributed by atoms with Crippen molar-refractivity contribution >= 4 is 71.0 Å². The lowest BCUT2D eigenvalue weighted by atomic mass is 9.91. The maximum atomic E-state index is 12.1. The Balaban J connectivity index is 0.000000236. The second-order valence-electron chi connectivity index (χ2n) is 21.7. The molecule has 4 aliphatic rings. The van der Waals surface area contributed by atoms with E-state index in [0.29, 0.717) is 75.4 Å². The van der Waals surface area contributed by atoms with Gasteiger partial charge in [-0.05, 0) is 161 Å². The SMILES string of the molecule is CC1CCCC1N.COOSc1ccc(C(=O)NC2CCCC2C)cc1.COOSc1ccc(C(=O)O)cc1.COc1cc(N=C=O)cc(OC)c1OC.COc1cc(NC(=O)NC2CCCC2C)cc(OC)c1OC.Clc1ccc(CC2CCNCC2)cc1. The number of aliphatic imine (C=N–C) groups is 1. The molecule has 5 aromatic rings. The highest BCUT2D eigenvalue weighted by molar-refractivity contribution is 7.94. The Hall–Kier alpha value is -6.76. The Bertz CT molecular complexity index is 2900. The van der Waals surface area contributed by atoms with E-state index in [-0.39, 0.29) is 23.5 Å². The second-order valence-corrected chi connectivity index (χ2v) is 23.7. The number of carbonyl (C=O) groups is 3. The minimum Gasteiger partial charge on any atom is -0.493 e. The van der Waals surface area contributed by atoms with Crippen LogP contribution in [0.3, 0.4) is 0 Å². The number of halogens is 1. The number of carboxylic acids is 1. The van der Waals surface area contributed by atoms with Crippen LogP contribution in [-0.2, 0) is 29.7 Å². The number of urea groups is 1. The largest absolute Gasteiger partial charge is 0.493 e. The van der Waals surface area contributed by atoms with Gasteiger partial charge in [-0.2, -0.15) is 13.7 Å². The summed E-state index contributed by atoms with van der Waals surface area (Å²) in [4.78, 5) is 58.9. The molecule has 0 spiro atoms. The first-order valence-corrected chi connectivity index (χ1v) is 31.8. The minimum atomic E-state index is -0.941. The van der Waals surface area contributed by atoms with Gasteiger partial charge in [-0.3, -0.25) is 4.79 Å². The zero-order valence-electron chi connectivity index (χ0n) is 53.6. The molecule has 6 atom stereocenters. The fourth-order valence-electron chi connectivity index (χ4n) is 10.3. The number of rotatable bonds is 20. The van der Waals surface area contributed by atoms with Crippen LogP contribution in [0.1, 0.15) is 118 Å². The van der Waals surface area contributed by atoms with Crippen LogP contribution in [0.4, 0.5) is 16.2 Å². The third-order valence-electron chi connectivity index (χ3n) is 15.5. The van der Waals surface area contributed by atoms with Crippen molar-refractivity contribution in [2.75, 3.05) is 75.3 Å². The predicted molar refractivity (Wildman–Crippen MR) is 353 cm³/mol. The number of anilines is 1. The quantitative estimate of drug-likeness (QED) is 0.0139. The fourth-order valence-corrected chi connectivity index (χ4v) is 11.2. The number of nitrogens with two attached hydrogens (primary N) is 1. The van der Waals surface area contributed by atoms with E-state index < -0.39 is 5.97 Å². The number of hydrogen-bond donors (Lipinski definition) is 6. The van der Waals surface area contributed by atoms with Crippen molar-refractivity contribution in [1.29, 1.82) is 0 Å². The Labute approximate surface area is 544 Å². The summed E-state index contributed by atoms with van der Waals surface area (Å²) < 4.78 is 40.4. The van der Waals surface area contributed by atoms with E-state index >= 15 is 0 Å². The van der Waals surface area contributed by atoms with Crippen LogP contribution in [0.15, 0.2) is 112 Å². The average Bonchev–Trinajstić information content (AvgIpc) is 3.07. The van der Waals surface area contributed by atoms with Gasteiger partial charge in [0.1, 0.15) is 0 Å². The molecule has 1 saturated heterocycles. The van der Waals surface area contributed by atoms with Gasteiger partial charge in [0.15, 0.2) is 23.0 Å². The molecule has 21 nitrogen and oxygen atoms in total.